The Kier molecular flexibility index (Phi) is 5.64. The minimum atomic E-state index is -1.32. The standard InChI is InChI=1S/C8H18O2/c1-2-3-4-5-6-8(10)7-9/h8-10H,2-7H2,1H3/i7D/t7-,8?/m0/s1. The molecule has 2 N–H and O–H groups in total. The Labute approximate surface area is 64.3 Å². The number of aliphatic hydroxyl groups is 2. The fraction of sp³-hybridized carbons (Fsp3) is 1.00. The quantitative estimate of drug-likeness (QED) is 0.556. The van der Waals surface area contributed by atoms with Gasteiger partial charge in [0, 0.05) is 0 Å². The zero-order chi connectivity index (χ0) is 8.69. The van der Waals surface area contributed by atoms with E-state index in [-0.39, 0.29) is 0 Å². The number of rotatable bonds is 6. The summed E-state index contributed by atoms with van der Waals surface area (Å²) >= 11 is 0. The molecule has 0 rings (SSSR count). The van der Waals surface area contributed by atoms with E-state index in [4.69, 9.17) is 11.6 Å². The van der Waals surface area contributed by atoms with Crippen molar-refractivity contribution in [2.75, 3.05) is 6.58 Å². The van der Waals surface area contributed by atoms with Gasteiger partial charge in [-0.2, -0.15) is 0 Å². The van der Waals surface area contributed by atoms with E-state index in [9.17, 15) is 0 Å². The average molecular weight is 147 g/mol. The molecule has 10 heavy (non-hydrogen) atoms. The molecule has 0 saturated carbocycles. The molecule has 2 heteroatoms. The highest BCUT2D eigenvalue weighted by Gasteiger charge is 1.99. The zero-order valence-corrected chi connectivity index (χ0v) is 6.58. The molecule has 2 atom stereocenters. The Bertz CT molecular complexity index is 86.2. The smallest absolute Gasteiger partial charge is 0.0770 e. The minimum Gasteiger partial charge on any atom is -0.394 e. The van der Waals surface area contributed by atoms with Gasteiger partial charge in [0.25, 0.3) is 0 Å². The van der Waals surface area contributed by atoms with Crippen LogP contribution < -0.4 is 0 Å². The first-order valence-corrected chi connectivity index (χ1v) is 3.97. The van der Waals surface area contributed by atoms with Gasteiger partial charge >= 0.3 is 0 Å². The molecular formula is C8H18O2. The van der Waals surface area contributed by atoms with Crippen LogP contribution in [0.5, 0.6) is 0 Å². The van der Waals surface area contributed by atoms with Crippen LogP contribution in [0.15, 0.2) is 0 Å². The van der Waals surface area contributed by atoms with E-state index in [2.05, 4.69) is 6.92 Å². The molecule has 0 aliphatic rings. The van der Waals surface area contributed by atoms with Gasteiger partial charge in [-0.25, -0.2) is 0 Å². The van der Waals surface area contributed by atoms with E-state index < -0.39 is 12.7 Å². The number of hydrogen-bond donors (Lipinski definition) is 2. The first-order valence-electron chi connectivity index (χ1n) is 4.54. The van der Waals surface area contributed by atoms with Crippen molar-refractivity contribution in [1.29, 1.82) is 0 Å². The highest BCUT2D eigenvalue weighted by atomic mass is 16.3. The van der Waals surface area contributed by atoms with E-state index in [1.807, 2.05) is 0 Å². The van der Waals surface area contributed by atoms with Crippen molar-refractivity contribution in [3.63, 3.8) is 0 Å². The monoisotopic (exact) mass is 147 g/mol. The SMILES string of the molecule is [2H][C@H](O)C(O)CCCCCC. The predicted octanol–water partition coefficient (Wildman–Crippen LogP) is 1.31. The summed E-state index contributed by atoms with van der Waals surface area (Å²) in [5.41, 5.74) is 0. The van der Waals surface area contributed by atoms with Crippen LogP contribution in [0.2, 0.25) is 0 Å². The molecule has 0 aliphatic carbocycles. The van der Waals surface area contributed by atoms with Crippen LogP contribution in [0.1, 0.15) is 40.4 Å². The molecule has 2 nitrogen and oxygen atoms in total. The van der Waals surface area contributed by atoms with Gasteiger partial charge in [-0.05, 0) is 6.42 Å². The van der Waals surface area contributed by atoms with Gasteiger partial charge in [0.2, 0.25) is 0 Å². The lowest BCUT2D eigenvalue weighted by Crippen LogP contribution is -2.10. The normalized spacial score (nSPS) is 18.1. The van der Waals surface area contributed by atoms with Crippen molar-refractivity contribution in [3.8, 4) is 0 Å². The van der Waals surface area contributed by atoms with Crippen LogP contribution in [-0.4, -0.2) is 22.9 Å². The predicted molar refractivity (Wildman–Crippen MR) is 41.9 cm³/mol. The molecule has 0 spiro atoms. The molecule has 0 aromatic rings. The molecule has 0 fully saturated rings. The molecule has 0 aliphatic heterocycles. The Balaban J connectivity index is 3.10. The molecule has 0 amide bonds. The van der Waals surface area contributed by atoms with Gasteiger partial charge < -0.3 is 10.2 Å². The zero-order valence-electron chi connectivity index (χ0n) is 7.58. The summed E-state index contributed by atoms with van der Waals surface area (Å²) in [6.07, 6.45) is 4.02. The molecule has 0 bridgehead atoms. The highest BCUT2D eigenvalue weighted by Crippen LogP contribution is 2.04. The lowest BCUT2D eigenvalue weighted by Gasteiger charge is -2.04. The number of unbranched alkanes of at least 4 members (excludes halogenated alkanes) is 3. The van der Waals surface area contributed by atoms with Crippen molar-refractivity contribution in [2.45, 2.75) is 45.1 Å². The first-order chi connectivity index (χ1) is 5.18. The molecule has 0 aromatic carbocycles. The lowest BCUT2D eigenvalue weighted by molar-refractivity contribution is 0.0860. The average Bonchev–Trinajstić information content (AvgIpc) is 1.97. The largest absolute Gasteiger partial charge is 0.394 e. The molecule has 0 aromatic heterocycles. The van der Waals surface area contributed by atoms with Crippen molar-refractivity contribution < 1.29 is 11.6 Å². The van der Waals surface area contributed by atoms with Gasteiger partial charge in [-0.3, -0.25) is 0 Å². The molecule has 62 valence electrons. The fourth-order valence-corrected chi connectivity index (χ4v) is 0.855. The van der Waals surface area contributed by atoms with Crippen LogP contribution >= 0.6 is 0 Å². The van der Waals surface area contributed by atoms with Gasteiger partial charge in [0.15, 0.2) is 0 Å². The summed E-state index contributed by atoms with van der Waals surface area (Å²) in [5, 5.41) is 17.6. The molecule has 0 heterocycles. The molecular weight excluding hydrogens is 128 g/mol. The maximum absolute atomic E-state index is 8.99. The van der Waals surface area contributed by atoms with Gasteiger partial charge in [0.1, 0.15) is 0 Å². The summed E-state index contributed by atoms with van der Waals surface area (Å²) in [7, 11) is 0. The van der Waals surface area contributed by atoms with Gasteiger partial charge in [-0.15, -0.1) is 0 Å². The first kappa shape index (κ1) is 8.02. The maximum Gasteiger partial charge on any atom is 0.0770 e. The van der Waals surface area contributed by atoms with Crippen LogP contribution in [-0.2, 0) is 0 Å². The second-order valence-corrected chi connectivity index (χ2v) is 2.57. The molecule has 0 radical (unpaired) electrons. The Morgan fingerprint density at radius 1 is 1.40 bits per heavy atom. The lowest BCUT2D eigenvalue weighted by atomic mass is 10.1. The second kappa shape index (κ2) is 7.03. The highest BCUT2D eigenvalue weighted by molar-refractivity contribution is 4.52. The minimum absolute atomic E-state index is 0.546. The Hall–Kier alpha value is -0.0800. The fourth-order valence-electron chi connectivity index (χ4n) is 0.855. The van der Waals surface area contributed by atoms with E-state index in [1.165, 1.54) is 12.8 Å². The van der Waals surface area contributed by atoms with Crippen LogP contribution in [0, 0.1) is 0 Å². The van der Waals surface area contributed by atoms with Crippen molar-refractivity contribution in [2.24, 2.45) is 0 Å². The van der Waals surface area contributed by atoms with E-state index >= 15 is 0 Å². The maximum atomic E-state index is 8.99. The Morgan fingerprint density at radius 2 is 2.10 bits per heavy atom. The molecule has 1 unspecified atom stereocenters. The summed E-state index contributed by atoms with van der Waals surface area (Å²) in [4.78, 5) is 0. The number of aliphatic hydroxyl groups excluding tert-OH is 2. The third kappa shape index (κ3) is 6.05. The van der Waals surface area contributed by atoms with E-state index in [1.54, 1.807) is 0 Å². The summed E-state index contributed by atoms with van der Waals surface area (Å²) in [5.74, 6) is 0. The summed E-state index contributed by atoms with van der Waals surface area (Å²) in [6, 6.07) is 0. The topological polar surface area (TPSA) is 40.5 Å². The van der Waals surface area contributed by atoms with Crippen LogP contribution in [0.25, 0.3) is 0 Å². The van der Waals surface area contributed by atoms with E-state index in [0.717, 1.165) is 12.8 Å². The summed E-state index contributed by atoms with van der Waals surface area (Å²) < 4.78 is 6.77. The second-order valence-electron chi connectivity index (χ2n) is 2.57. The van der Waals surface area contributed by atoms with Crippen LogP contribution in [0.3, 0.4) is 0 Å². The van der Waals surface area contributed by atoms with Crippen molar-refractivity contribution in [3.05, 3.63) is 0 Å². The third-order valence-corrected chi connectivity index (χ3v) is 1.53. The van der Waals surface area contributed by atoms with Gasteiger partial charge in [-0.1, -0.05) is 32.6 Å². The molecule has 0 saturated heterocycles. The number of hydrogen-bond acceptors (Lipinski definition) is 2. The van der Waals surface area contributed by atoms with Crippen molar-refractivity contribution in [1.82, 2.24) is 0 Å². The summed E-state index contributed by atoms with van der Waals surface area (Å²) in [6.45, 7) is 0.798. The van der Waals surface area contributed by atoms with Crippen LogP contribution in [0.4, 0.5) is 0 Å². The Morgan fingerprint density at radius 3 is 2.60 bits per heavy atom. The van der Waals surface area contributed by atoms with Crippen molar-refractivity contribution >= 4 is 0 Å². The third-order valence-electron chi connectivity index (χ3n) is 1.53. The van der Waals surface area contributed by atoms with Gasteiger partial charge in [0.05, 0.1) is 14.1 Å². The van der Waals surface area contributed by atoms with E-state index in [0.29, 0.717) is 6.42 Å².